The van der Waals surface area contributed by atoms with E-state index in [0.29, 0.717) is 4.47 Å². The molecule has 0 aliphatic rings. The van der Waals surface area contributed by atoms with E-state index in [1.165, 1.54) is 25.4 Å². The first-order chi connectivity index (χ1) is 9.84. The van der Waals surface area contributed by atoms with E-state index in [1.54, 1.807) is 18.2 Å². The molecule has 0 saturated heterocycles. The number of rotatable bonds is 4. The van der Waals surface area contributed by atoms with Gasteiger partial charge in [0.15, 0.2) is 0 Å². The van der Waals surface area contributed by atoms with Crippen LogP contribution < -0.4 is 4.31 Å². The van der Waals surface area contributed by atoms with Gasteiger partial charge in [0, 0.05) is 17.7 Å². The van der Waals surface area contributed by atoms with Gasteiger partial charge in [0.05, 0.1) is 10.5 Å². The number of nitrogens with zero attached hydrogens (tertiary/aromatic N) is 2. The number of halogens is 1. The third-order valence-corrected chi connectivity index (χ3v) is 5.25. The van der Waals surface area contributed by atoms with E-state index in [1.807, 2.05) is 0 Å². The minimum Gasteiger partial charge on any atom is -0.478 e. The summed E-state index contributed by atoms with van der Waals surface area (Å²) in [5, 5.41) is 9.06. The number of sulfonamides is 1. The Hall–Kier alpha value is -1.93. The van der Waals surface area contributed by atoms with Gasteiger partial charge in [-0.05, 0) is 46.3 Å². The summed E-state index contributed by atoms with van der Waals surface area (Å²) in [5.74, 6) is -0.961. The Kier molecular flexibility index (Phi) is 4.29. The summed E-state index contributed by atoms with van der Waals surface area (Å²) in [6.45, 7) is 0. The van der Waals surface area contributed by atoms with Crippen molar-refractivity contribution in [3.63, 3.8) is 0 Å². The lowest BCUT2D eigenvalue weighted by Gasteiger charge is -2.18. The molecule has 0 aliphatic heterocycles. The standard InChI is InChI=1S/C13H11BrN2O4S/c1-16(12-4-2-3-7-15-12)21(19,20)9-5-6-11(14)10(8-9)13(17)18/h2-8H,1H3,(H,17,18). The van der Waals surface area contributed by atoms with Gasteiger partial charge in [0.2, 0.25) is 0 Å². The number of pyridine rings is 1. The zero-order chi connectivity index (χ0) is 15.6. The second kappa shape index (κ2) is 5.82. The molecule has 0 amide bonds. The lowest BCUT2D eigenvalue weighted by atomic mass is 10.2. The van der Waals surface area contributed by atoms with Crippen LogP contribution in [0.5, 0.6) is 0 Å². The van der Waals surface area contributed by atoms with Crippen LogP contribution in [0.2, 0.25) is 0 Å². The van der Waals surface area contributed by atoms with Gasteiger partial charge in [-0.1, -0.05) is 6.07 Å². The number of hydrogen-bond acceptors (Lipinski definition) is 4. The highest BCUT2D eigenvalue weighted by Gasteiger charge is 2.24. The van der Waals surface area contributed by atoms with Gasteiger partial charge in [0.1, 0.15) is 5.82 Å². The molecular weight excluding hydrogens is 360 g/mol. The van der Waals surface area contributed by atoms with E-state index in [0.717, 1.165) is 10.4 Å². The van der Waals surface area contributed by atoms with Crippen molar-refractivity contribution in [1.82, 2.24) is 4.98 Å². The van der Waals surface area contributed by atoms with Gasteiger partial charge in [-0.2, -0.15) is 0 Å². The first-order valence-corrected chi connectivity index (χ1v) is 8.00. The van der Waals surface area contributed by atoms with Crippen LogP contribution in [0.15, 0.2) is 52.0 Å². The number of benzene rings is 1. The molecule has 21 heavy (non-hydrogen) atoms. The fourth-order valence-corrected chi connectivity index (χ4v) is 3.24. The van der Waals surface area contributed by atoms with Crippen LogP contribution in [0.1, 0.15) is 10.4 Å². The second-order valence-corrected chi connectivity index (χ2v) is 6.93. The lowest BCUT2D eigenvalue weighted by Crippen LogP contribution is -2.27. The number of aromatic carboxylic acids is 1. The summed E-state index contributed by atoms with van der Waals surface area (Å²) in [4.78, 5) is 14.9. The highest BCUT2D eigenvalue weighted by molar-refractivity contribution is 9.10. The summed E-state index contributed by atoms with van der Waals surface area (Å²) in [6.07, 6.45) is 1.48. The quantitative estimate of drug-likeness (QED) is 0.892. The molecule has 0 unspecified atom stereocenters. The Morgan fingerprint density at radius 3 is 2.57 bits per heavy atom. The molecule has 0 aliphatic carbocycles. The summed E-state index contributed by atoms with van der Waals surface area (Å²) in [7, 11) is -2.52. The summed E-state index contributed by atoms with van der Waals surface area (Å²) in [5.41, 5.74) is -0.120. The minimum absolute atomic E-state index is 0.115. The molecule has 1 N–H and O–H groups in total. The first-order valence-electron chi connectivity index (χ1n) is 5.77. The summed E-state index contributed by atoms with van der Waals surface area (Å²) >= 11 is 3.08. The Bertz CT molecular complexity index is 778. The largest absolute Gasteiger partial charge is 0.478 e. The molecule has 8 heteroatoms. The zero-order valence-corrected chi connectivity index (χ0v) is 13.3. The summed E-state index contributed by atoms with van der Waals surface area (Å²) < 4.78 is 26.3. The van der Waals surface area contributed by atoms with Gasteiger partial charge >= 0.3 is 5.97 Å². The van der Waals surface area contributed by atoms with Crippen molar-refractivity contribution in [2.45, 2.75) is 4.90 Å². The first kappa shape index (κ1) is 15.5. The Balaban J connectivity index is 2.50. The minimum atomic E-state index is -3.88. The van der Waals surface area contributed by atoms with Crippen LogP contribution in [-0.2, 0) is 10.0 Å². The number of anilines is 1. The lowest BCUT2D eigenvalue weighted by molar-refractivity contribution is 0.0695. The average Bonchev–Trinajstić information content (AvgIpc) is 2.47. The van der Waals surface area contributed by atoms with Crippen molar-refractivity contribution in [3.8, 4) is 0 Å². The van der Waals surface area contributed by atoms with Gasteiger partial charge in [-0.15, -0.1) is 0 Å². The van der Waals surface area contributed by atoms with Gasteiger partial charge < -0.3 is 5.11 Å². The number of aromatic nitrogens is 1. The molecule has 6 nitrogen and oxygen atoms in total. The predicted octanol–water partition coefficient (Wildman–Crippen LogP) is 2.37. The van der Waals surface area contributed by atoms with Crippen molar-refractivity contribution in [2.24, 2.45) is 0 Å². The van der Waals surface area contributed by atoms with Gasteiger partial charge in [-0.3, -0.25) is 4.31 Å². The Labute approximate surface area is 130 Å². The number of hydrogen-bond donors (Lipinski definition) is 1. The predicted molar refractivity (Wildman–Crippen MR) is 80.9 cm³/mol. The third kappa shape index (κ3) is 3.06. The monoisotopic (exact) mass is 370 g/mol. The van der Waals surface area contributed by atoms with Crippen LogP contribution in [-0.4, -0.2) is 31.5 Å². The zero-order valence-electron chi connectivity index (χ0n) is 10.9. The smallest absolute Gasteiger partial charge is 0.336 e. The molecule has 0 radical (unpaired) electrons. The summed E-state index contributed by atoms with van der Waals surface area (Å²) in [6, 6.07) is 8.73. The van der Waals surface area contributed by atoms with Crippen LogP contribution in [0.4, 0.5) is 5.82 Å². The van der Waals surface area contributed by atoms with Crippen molar-refractivity contribution < 1.29 is 18.3 Å². The molecule has 1 aromatic carbocycles. The molecular formula is C13H11BrN2O4S. The van der Waals surface area contributed by atoms with Gasteiger partial charge in [0.25, 0.3) is 10.0 Å². The maximum atomic E-state index is 12.5. The SMILES string of the molecule is CN(c1ccccn1)S(=O)(=O)c1ccc(Br)c(C(=O)O)c1. The molecule has 0 spiro atoms. The van der Waals surface area contributed by atoms with Crippen LogP contribution in [0, 0.1) is 0 Å². The molecule has 110 valence electrons. The number of carboxylic acid groups (broad SMARTS) is 1. The van der Waals surface area contributed by atoms with E-state index >= 15 is 0 Å². The molecule has 0 fully saturated rings. The van der Waals surface area contributed by atoms with Crippen molar-refractivity contribution in [1.29, 1.82) is 0 Å². The van der Waals surface area contributed by atoms with E-state index in [9.17, 15) is 13.2 Å². The maximum absolute atomic E-state index is 12.5. The van der Waals surface area contributed by atoms with Crippen LogP contribution in [0.25, 0.3) is 0 Å². The maximum Gasteiger partial charge on any atom is 0.336 e. The highest BCUT2D eigenvalue weighted by atomic mass is 79.9. The fourth-order valence-electron chi connectivity index (χ4n) is 1.65. The molecule has 1 heterocycles. The normalized spacial score (nSPS) is 11.1. The molecule has 0 bridgehead atoms. The number of carboxylic acids is 1. The fraction of sp³-hybridized carbons (Fsp3) is 0.0769. The number of carbonyl (C=O) groups is 1. The Morgan fingerprint density at radius 1 is 1.29 bits per heavy atom. The highest BCUT2D eigenvalue weighted by Crippen LogP contribution is 2.24. The van der Waals surface area contributed by atoms with E-state index < -0.39 is 16.0 Å². The van der Waals surface area contributed by atoms with E-state index in [2.05, 4.69) is 20.9 Å². The second-order valence-electron chi connectivity index (χ2n) is 4.11. The van der Waals surface area contributed by atoms with Crippen molar-refractivity contribution in [2.75, 3.05) is 11.4 Å². The third-order valence-electron chi connectivity index (χ3n) is 2.80. The molecule has 2 aromatic rings. The molecule has 1 aromatic heterocycles. The van der Waals surface area contributed by atoms with Crippen molar-refractivity contribution in [3.05, 3.63) is 52.6 Å². The topological polar surface area (TPSA) is 87.6 Å². The molecule has 0 saturated carbocycles. The van der Waals surface area contributed by atoms with Crippen molar-refractivity contribution >= 4 is 37.7 Å². The van der Waals surface area contributed by atoms with Crippen LogP contribution in [0.3, 0.4) is 0 Å². The van der Waals surface area contributed by atoms with E-state index in [-0.39, 0.29) is 16.3 Å². The molecule has 0 atom stereocenters. The van der Waals surface area contributed by atoms with Gasteiger partial charge in [-0.25, -0.2) is 18.2 Å². The molecule has 2 rings (SSSR count). The van der Waals surface area contributed by atoms with E-state index in [4.69, 9.17) is 5.11 Å². The van der Waals surface area contributed by atoms with Crippen LogP contribution >= 0.6 is 15.9 Å². The average molecular weight is 371 g/mol. The Morgan fingerprint density at radius 2 is 2.00 bits per heavy atom.